The minimum Gasteiger partial charge on any atom is -0.440 e. The molecule has 1 aliphatic heterocycles. The normalized spacial score (nSPS) is 16.4. The Morgan fingerprint density at radius 1 is 1.21 bits per heavy atom. The molecule has 0 radical (unpaired) electrons. The van der Waals surface area contributed by atoms with Crippen LogP contribution >= 0.6 is 0 Å². The van der Waals surface area contributed by atoms with Crippen LogP contribution < -0.4 is 16.0 Å². The number of hydrogen-bond acceptors (Lipinski definition) is 4. The molecule has 0 bridgehead atoms. The average molecular weight is 321 g/mol. The van der Waals surface area contributed by atoms with Gasteiger partial charge < -0.3 is 15.0 Å². The molecule has 0 fully saturated rings. The van der Waals surface area contributed by atoms with Gasteiger partial charge in [0.05, 0.1) is 11.5 Å². The maximum absolute atomic E-state index is 12.8. The van der Waals surface area contributed by atoms with Gasteiger partial charge in [-0.15, -0.1) is 0 Å². The summed E-state index contributed by atoms with van der Waals surface area (Å²) in [6, 6.07) is 9.83. The van der Waals surface area contributed by atoms with Gasteiger partial charge in [-0.2, -0.15) is 5.26 Å². The van der Waals surface area contributed by atoms with Crippen molar-refractivity contribution < 1.29 is 4.74 Å². The summed E-state index contributed by atoms with van der Waals surface area (Å²) in [6.07, 6.45) is 0. The van der Waals surface area contributed by atoms with Crippen LogP contribution in [0.25, 0.3) is 0 Å². The van der Waals surface area contributed by atoms with E-state index in [9.17, 15) is 10.1 Å². The molecule has 0 amide bonds. The molecule has 1 aliphatic rings. The van der Waals surface area contributed by atoms with Crippen LogP contribution in [0.5, 0.6) is 5.75 Å². The van der Waals surface area contributed by atoms with E-state index >= 15 is 0 Å². The summed E-state index contributed by atoms with van der Waals surface area (Å²) in [5, 5.41) is 9.58. The fourth-order valence-electron chi connectivity index (χ4n) is 3.02. The number of allylic oxidation sites excluding steroid dienone is 1. The van der Waals surface area contributed by atoms with Crippen LogP contribution in [0.4, 0.5) is 0 Å². The van der Waals surface area contributed by atoms with E-state index in [1.165, 1.54) is 0 Å². The molecule has 5 heteroatoms. The SMILES string of the molecule is Cc1ccc([C@H]2C(C#N)=C(N)Oc3cc(C)n(C)c(=O)c32)cc1C. The van der Waals surface area contributed by atoms with Gasteiger partial charge in [-0.25, -0.2) is 0 Å². The topological polar surface area (TPSA) is 81.0 Å². The van der Waals surface area contributed by atoms with Crippen LogP contribution in [0.1, 0.15) is 33.9 Å². The lowest BCUT2D eigenvalue weighted by molar-refractivity contribution is 0.389. The number of benzene rings is 1. The number of pyridine rings is 1. The van der Waals surface area contributed by atoms with Crippen molar-refractivity contribution in [2.45, 2.75) is 26.7 Å². The maximum Gasteiger partial charge on any atom is 0.258 e. The molecule has 0 saturated carbocycles. The molecule has 0 aliphatic carbocycles. The van der Waals surface area contributed by atoms with E-state index in [1.807, 2.05) is 39.0 Å². The lowest BCUT2D eigenvalue weighted by Crippen LogP contribution is -2.31. The van der Waals surface area contributed by atoms with Gasteiger partial charge in [0, 0.05) is 18.8 Å². The summed E-state index contributed by atoms with van der Waals surface area (Å²) in [5.41, 5.74) is 10.4. The number of nitrogens with zero attached hydrogens (tertiary/aromatic N) is 2. The summed E-state index contributed by atoms with van der Waals surface area (Å²) in [7, 11) is 1.71. The van der Waals surface area contributed by atoms with Crippen molar-refractivity contribution in [3.8, 4) is 11.8 Å². The summed E-state index contributed by atoms with van der Waals surface area (Å²) in [4.78, 5) is 12.8. The molecule has 1 aromatic heterocycles. The molecule has 0 saturated heterocycles. The number of hydrogen-bond donors (Lipinski definition) is 1. The van der Waals surface area contributed by atoms with Crippen molar-refractivity contribution in [2.75, 3.05) is 0 Å². The van der Waals surface area contributed by atoms with Crippen LogP contribution in [0.2, 0.25) is 0 Å². The molecular weight excluding hydrogens is 302 g/mol. The van der Waals surface area contributed by atoms with Gasteiger partial charge in [-0.3, -0.25) is 4.79 Å². The van der Waals surface area contributed by atoms with E-state index in [0.29, 0.717) is 11.3 Å². The van der Waals surface area contributed by atoms with Crippen molar-refractivity contribution in [3.63, 3.8) is 0 Å². The Morgan fingerprint density at radius 2 is 1.92 bits per heavy atom. The first kappa shape index (κ1) is 15.9. The Balaban J connectivity index is 2.35. The minimum atomic E-state index is -0.516. The molecule has 1 atom stereocenters. The summed E-state index contributed by atoms with van der Waals surface area (Å²) < 4.78 is 7.14. The monoisotopic (exact) mass is 321 g/mol. The fraction of sp³-hybridized carbons (Fsp3) is 0.263. The average Bonchev–Trinajstić information content (AvgIpc) is 2.54. The number of nitriles is 1. The zero-order valence-electron chi connectivity index (χ0n) is 14.2. The molecule has 2 N–H and O–H groups in total. The van der Waals surface area contributed by atoms with Gasteiger partial charge in [-0.1, -0.05) is 18.2 Å². The Morgan fingerprint density at radius 3 is 2.54 bits per heavy atom. The van der Waals surface area contributed by atoms with Crippen molar-refractivity contribution in [2.24, 2.45) is 12.8 Å². The predicted octanol–water partition coefficient (Wildman–Crippen LogP) is 2.53. The fourth-order valence-corrected chi connectivity index (χ4v) is 3.02. The predicted molar refractivity (Wildman–Crippen MR) is 91.6 cm³/mol. The van der Waals surface area contributed by atoms with E-state index in [4.69, 9.17) is 10.5 Å². The standard InChI is InChI=1S/C19H19N3O2/c1-10-5-6-13(7-11(10)2)16-14(9-20)18(21)24-15-8-12(3)22(4)19(23)17(15)16/h5-8,16H,21H2,1-4H3/t16-/m0/s1. The zero-order valence-corrected chi connectivity index (χ0v) is 14.2. The molecule has 2 heterocycles. The molecule has 1 aromatic carbocycles. The number of ether oxygens (including phenoxy) is 1. The molecule has 24 heavy (non-hydrogen) atoms. The highest BCUT2D eigenvalue weighted by molar-refractivity contribution is 5.55. The van der Waals surface area contributed by atoms with Crippen molar-refractivity contribution in [1.82, 2.24) is 4.57 Å². The Labute approximate surface area is 140 Å². The van der Waals surface area contributed by atoms with Gasteiger partial charge in [0.15, 0.2) is 0 Å². The van der Waals surface area contributed by atoms with Gasteiger partial charge in [0.25, 0.3) is 5.56 Å². The van der Waals surface area contributed by atoms with E-state index in [1.54, 1.807) is 17.7 Å². The number of nitrogens with two attached hydrogens (primary N) is 1. The van der Waals surface area contributed by atoms with Gasteiger partial charge >= 0.3 is 0 Å². The summed E-state index contributed by atoms with van der Waals surface area (Å²) in [6.45, 7) is 5.86. The smallest absolute Gasteiger partial charge is 0.258 e. The Bertz CT molecular complexity index is 977. The molecule has 3 rings (SSSR count). The first-order chi connectivity index (χ1) is 11.3. The van der Waals surface area contributed by atoms with E-state index in [-0.39, 0.29) is 17.0 Å². The van der Waals surface area contributed by atoms with Crippen molar-refractivity contribution in [3.05, 3.63) is 74.0 Å². The zero-order chi connectivity index (χ0) is 17.6. The first-order valence-corrected chi connectivity index (χ1v) is 7.70. The molecular formula is C19H19N3O2. The summed E-state index contributed by atoms with van der Waals surface area (Å²) >= 11 is 0. The van der Waals surface area contributed by atoms with Crippen LogP contribution in [-0.2, 0) is 7.05 Å². The first-order valence-electron chi connectivity index (χ1n) is 7.70. The second-order valence-corrected chi connectivity index (χ2v) is 6.20. The van der Waals surface area contributed by atoms with Crippen LogP contribution in [0.15, 0.2) is 40.5 Å². The van der Waals surface area contributed by atoms with Crippen LogP contribution in [0.3, 0.4) is 0 Å². The molecule has 0 unspecified atom stereocenters. The third kappa shape index (κ3) is 2.28. The number of aromatic nitrogens is 1. The third-order valence-electron chi connectivity index (χ3n) is 4.72. The molecule has 5 nitrogen and oxygen atoms in total. The molecule has 2 aromatic rings. The Hall–Kier alpha value is -3.00. The third-order valence-corrected chi connectivity index (χ3v) is 4.72. The lowest BCUT2D eigenvalue weighted by Gasteiger charge is -2.27. The van der Waals surface area contributed by atoms with E-state index in [0.717, 1.165) is 22.4 Å². The van der Waals surface area contributed by atoms with Crippen molar-refractivity contribution >= 4 is 0 Å². The van der Waals surface area contributed by atoms with Crippen LogP contribution in [0, 0.1) is 32.1 Å². The van der Waals surface area contributed by atoms with Gasteiger partial charge in [-0.05, 0) is 37.5 Å². The lowest BCUT2D eigenvalue weighted by atomic mass is 9.83. The Kier molecular flexibility index (Phi) is 3.69. The number of rotatable bonds is 1. The maximum atomic E-state index is 12.8. The van der Waals surface area contributed by atoms with Crippen molar-refractivity contribution in [1.29, 1.82) is 5.26 Å². The number of aryl methyl sites for hydroxylation is 3. The van der Waals surface area contributed by atoms with E-state index < -0.39 is 5.92 Å². The minimum absolute atomic E-state index is 0.0564. The van der Waals surface area contributed by atoms with Gasteiger partial charge in [0.2, 0.25) is 5.88 Å². The van der Waals surface area contributed by atoms with Gasteiger partial charge in [0.1, 0.15) is 17.4 Å². The largest absolute Gasteiger partial charge is 0.440 e. The molecule has 0 spiro atoms. The highest BCUT2D eigenvalue weighted by atomic mass is 16.5. The molecule has 122 valence electrons. The second kappa shape index (κ2) is 5.57. The highest BCUT2D eigenvalue weighted by Crippen LogP contribution is 2.40. The highest BCUT2D eigenvalue weighted by Gasteiger charge is 2.34. The summed E-state index contributed by atoms with van der Waals surface area (Å²) in [5.74, 6) is -0.0337. The number of fused-ring (bicyclic) bond motifs is 1. The quantitative estimate of drug-likeness (QED) is 0.875. The van der Waals surface area contributed by atoms with Crippen LogP contribution in [-0.4, -0.2) is 4.57 Å². The van der Waals surface area contributed by atoms with E-state index in [2.05, 4.69) is 6.07 Å². The second-order valence-electron chi connectivity index (χ2n) is 6.20.